The molecule has 4 heteroatoms. The predicted molar refractivity (Wildman–Crippen MR) is 106 cm³/mol. The highest BCUT2D eigenvalue weighted by molar-refractivity contribution is 5.93. The van der Waals surface area contributed by atoms with Crippen LogP contribution in [0.25, 0.3) is 0 Å². The van der Waals surface area contributed by atoms with Crippen LogP contribution in [0, 0.1) is 0 Å². The lowest BCUT2D eigenvalue weighted by Crippen LogP contribution is -2.37. The van der Waals surface area contributed by atoms with E-state index in [9.17, 15) is 4.79 Å². The largest absolute Gasteiger partial charge is 0.382 e. The van der Waals surface area contributed by atoms with Crippen molar-refractivity contribution in [3.8, 4) is 0 Å². The molecular formula is C22H29N3O. The van der Waals surface area contributed by atoms with E-state index in [1.165, 1.54) is 32.1 Å². The average molecular weight is 351 g/mol. The second kappa shape index (κ2) is 8.84. The number of aromatic nitrogens is 1. The lowest BCUT2D eigenvalue weighted by Gasteiger charge is -2.27. The highest BCUT2D eigenvalue weighted by Gasteiger charge is 2.21. The molecule has 4 nitrogen and oxygen atoms in total. The molecule has 138 valence electrons. The number of pyridine rings is 1. The number of carbonyl (C=O) groups excluding carboxylic acids is 1. The standard InChI is InChI=1S/C22H29N3O/c1-17(2)25(16-18-9-5-3-6-10-18)22(26)21-15-20(13-14-23-21)24-19-11-7-4-8-12-19/h3,5-6,9-10,13-15,17,19H,4,7-8,11-12,16H2,1-2H3,(H,23,24). The Morgan fingerprint density at radius 3 is 2.58 bits per heavy atom. The van der Waals surface area contributed by atoms with E-state index in [4.69, 9.17) is 0 Å². The van der Waals surface area contributed by atoms with E-state index in [2.05, 4.69) is 22.4 Å². The van der Waals surface area contributed by atoms with Crippen molar-refractivity contribution in [3.63, 3.8) is 0 Å². The van der Waals surface area contributed by atoms with Gasteiger partial charge in [0.1, 0.15) is 5.69 Å². The van der Waals surface area contributed by atoms with E-state index in [1.54, 1.807) is 6.20 Å². The minimum atomic E-state index is -0.0175. The number of rotatable bonds is 6. The molecule has 0 radical (unpaired) electrons. The van der Waals surface area contributed by atoms with Crippen LogP contribution in [0.15, 0.2) is 48.7 Å². The van der Waals surface area contributed by atoms with Gasteiger partial charge >= 0.3 is 0 Å². The van der Waals surface area contributed by atoms with Gasteiger partial charge < -0.3 is 10.2 Å². The Morgan fingerprint density at radius 1 is 1.15 bits per heavy atom. The number of anilines is 1. The van der Waals surface area contributed by atoms with Crippen LogP contribution in [0.4, 0.5) is 5.69 Å². The van der Waals surface area contributed by atoms with Crippen molar-refractivity contribution < 1.29 is 4.79 Å². The number of benzene rings is 1. The zero-order valence-electron chi connectivity index (χ0n) is 15.8. The fourth-order valence-corrected chi connectivity index (χ4v) is 3.54. The number of amides is 1. The van der Waals surface area contributed by atoms with Gasteiger partial charge in [0.05, 0.1) is 0 Å². The van der Waals surface area contributed by atoms with Crippen LogP contribution in [0.5, 0.6) is 0 Å². The van der Waals surface area contributed by atoms with E-state index < -0.39 is 0 Å². The van der Waals surface area contributed by atoms with Gasteiger partial charge in [-0.15, -0.1) is 0 Å². The fourth-order valence-electron chi connectivity index (χ4n) is 3.54. The van der Waals surface area contributed by atoms with Crippen molar-refractivity contribution in [2.45, 2.75) is 64.6 Å². The molecule has 0 bridgehead atoms. The summed E-state index contributed by atoms with van der Waals surface area (Å²) in [7, 11) is 0. The molecule has 1 amide bonds. The first-order chi connectivity index (χ1) is 12.6. The lowest BCUT2D eigenvalue weighted by molar-refractivity contribution is 0.0684. The third-order valence-electron chi connectivity index (χ3n) is 5.03. The Bertz CT molecular complexity index is 708. The first kappa shape index (κ1) is 18.4. The van der Waals surface area contributed by atoms with Crippen LogP contribution in [-0.2, 0) is 6.54 Å². The summed E-state index contributed by atoms with van der Waals surface area (Å²) in [5, 5.41) is 3.58. The Kier molecular flexibility index (Phi) is 6.26. The summed E-state index contributed by atoms with van der Waals surface area (Å²) in [6, 6.07) is 14.6. The molecule has 1 heterocycles. The van der Waals surface area contributed by atoms with Crippen LogP contribution in [0.2, 0.25) is 0 Å². The minimum absolute atomic E-state index is 0.0175. The molecule has 26 heavy (non-hydrogen) atoms. The zero-order valence-corrected chi connectivity index (χ0v) is 15.8. The van der Waals surface area contributed by atoms with E-state index >= 15 is 0 Å². The number of hydrogen-bond donors (Lipinski definition) is 1. The van der Waals surface area contributed by atoms with Crippen LogP contribution < -0.4 is 5.32 Å². The van der Waals surface area contributed by atoms with Gasteiger partial charge in [0.25, 0.3) is 5.91 Å². The van der Waals surface area contributed by atoms with E-state index in [1.807, 2.05) is 49.1 Å². The van der Waals surface area contributed by atoms with E-state index in [-0.39, 0.29) is 11.9 Å². The maximum atomic E-state index is 13.1. The van der Waals surface area contributed by atoms with Gasteiger partial charge in [-0.2, -0.15) is 0 Å². The summed E-state index contributed by atoms with van der Waals surface area (Å²) >= 11 is 0. The highest BCUT2D eigenvalue weighted by atomic mass is 16.2. The molecule has 1 N–H and O–H groups in total. The molecule has 3 rings (SSSR count). The number of nitrogens with one attached hydrogen (secondary N) is 1. The maximum Gasteiger partial charge on any atom is 0.273 e. The van der Waals surface area contributed by atoms with Crippen LogP contribution in [0.3, 0.4) is 0 Å². The summed E-state index contributed by atoms with van der Waals surface area (Å²) in [6.07, 6.45) is 8.05. The summed E-state index contributed by atoms with van der Waals surface area (Å²) in [5.41, 5.74) is 2.64. The third kappa shape index (κ3) is 4.84. The molecule has 1 aromatic heterocycles. The van der Waals surface area contributed by atoms with Crippen LogP contribution >= 0.6 is 0 Å². The third-order valence-corrected chi connectivity index (χ3v) is 5.03. The van der Waals surface area contributed by atoms with Crippen molar-refractivity contribution in [2.75, 3.05) is 5.32 Å². The molecule has 1 aromatic carbocycles. The highest BCUT2D eigenvalue weighted by Crippen LogP contribution is 2.22. The van der Waals surface area contributed by atoms with Crippen LogP contribution in [0.1, 0.15) is 62.0 Å². The van der Waals surface area contributed by atoms with Gasteiger partial charge in [-0.1, -0.05) is 49.6 Å². The quantitative estimate of drug-likeness (QED) is 0.807. The normalized spacial score (nSPS) is 15.0. The molecule has 0 atom stereocenters. The monoisotopic (exact) mass is 351 g/mol. The summed E-state index contributed by atoms with van der Waals surface area (Å²) in [6.45, 7) is 4.69. The SMILES string of the molecule is CC(C)N(Cc1ccccc1)C(=O)c1cc(NC2CCCCC2)ccn1. The average Bonchev–Trinajstić information content (AvgIpc) is 2.67. The second-order valence-electron chi connectivity index (χ2n) is 7.42. The van der Waals surface area contributed by atoms with Crippen molar-refractivity contribution in [2.24, 2.45) is 0 Å². The Labute approximate surface area is 156 Å². The molecule has 2 aromatic rings. The Morgan fingerprint density at radius 2 is 1.88 bits per heavy atom. The molecular weight excluding hydrogens is 322 g/mol. The van der Waals surface area contributed by atoms with Gasteiger partial charge in [0.15, 0.2) is 0 Å². The molecule has 0 unspecified atom stereocenters. The second-order valence-corrected chi connectivity index (χ2v) is 7.42. The molecule has 1 aliphatic carbocycles. The summed E-state index contributed by atoms with van der Waals surface area (Å²) < 4.78 is 0. The number of carbonyl (C=O) groups is 1. The molecule has 1 saturated carbocycles. The van der Waals surface area contributed by atoms with Crippen LogP contribution in [-0.4, -0.2) is 27.9 Å². The first-order valence-corrected chi connectivity index (χ1v) is 9.71. The van der Waals surface area contributed by atoms with Crippen molar-refractivity contribution in [1.82, 2.24) is 9.88 Å². The van der Waals surface area contributed by atoms with Crippen molar-refractivity contribution in [1.29, 1.82) is 0 Å². The van der Waals surface area contributed by atoms with Crippen molar-refractivity contribution in [3.05, 3.63) is 59.9 Å². The van der Waals surface area contributed by atoms with Crippen molar-refractivity contribution >= 4 is 11.6 Å². The van der Waals surface area contributed by atoms with E-state index in [0.717, 1.165) is 11.3 Å². The maximum absolute atomic E-state index is 13.1. The van der Waals surface area contributed by atoms with Gasteiger partial charge in [0.2, 0.25) is 0 Å². The van der Waals surface area contributed by atoms with Gasteiger partial charge in [-0.05, 0) is 44.4 Å². The minimum Gasteiger partial charge on any atom is -0.382 e. The molecule has 0 spiro atoms. The van der Waals surface area contributed by atoms with E-state index in [0.29, 0.717) is 18.3 Å². The number of nitrogens with zero attached hydrogens (tertiary/aromatic N) is 2. The fraction of sp³-hybridized carbons (Fsp3) is 0.455. The lowest BCUT2D eigenvalue weighted by atomic mass is 9.95. The van der Waals surface area contributed by atoms with Gasteiger partial charge in [0, 0.05) is 30.5 Å². The molecule has 0 aliphatic heterocycles. The summed E-state index contributed by atoms with van der Waals surface area (Å²) in [5.74, 6) is -0.0175. The zero-order chi connectivity index (χ0) is 18.4. The molecule has 1 aliphatic rings. The smallest absolute Gasteiger partial charge is 0.273 e. The Hall–Kier alpha value is -2.36. The first-order valence-electron chi connectivity index (χ1n) is 9.71. The Balaban J connectivity index is 1.73. The van der Waals surface area contributed by atoms with Gasteiger partial charge in [-0.3, -0.25) is 9.78 Å². The predicted octanol–water partition coefficient (Wildman–Crippen LogP) is 4.88. The molecule has 1 fully saturated rings. The topological polar surface area (TPSA) is 45.2 Å². The summed E-state index contributed by atoms with van der Waals surface area (Å²) in [4.78, 5) is 19.3. The van der Waals surface area contributed by atoms with Gasteiger partial charge in [-0.25, -0.2) is 0 Å². The number of hydrogen-bond acceptors (Lipinski definition) is 3. The molecule has 0 saturated heterocycles.